The number of piperidine rings is 1. The van der Waals surface area contributed by atoms with Crippen LogP contribution < -0.4 is 4.74 Å². The second-order valence-electron chi connectivity index (χ2n) is 6.16. The molecule has 4 nitrogen and oxygen atoms in total. The van der Waals surface area contributed by atoms with Gasteiger partial charge in [0, 0.05) is 25.0 Å². The Morgan fingerprint density at radius 1 is 1.19 bits per heavy atom. The summed E-state index contributed by atoms with van der Waals surface area (Å²) in [5.41, 5.74) is 0.983. The summed E-state index contributed by atoms with van der Waals surface area (Å²) in [4.78, 5) is 2.39. The summed E-state index contributed by atoms with van der Waals surface area (Å²) < 4.78 is 5.14. The number of benzene rings is 1. The zero-order valence-corrected chi connectivity index (χ0v) is 12.4. The van der Waals surface area contributed by atoms with Gasteiger partial charge in [-0.05, 0) is 29.5 Å². The molecule has 0 amide bonds. The van der Waals surface area contributed by atoms with Crippen LogP contribution in [-0.4, -0.2) is 55.1 Å². The lowest BCUT2D eigenvalue weighted by molar-refractivity contribution is 0.0904. The van der Waals surface area contributed by atoms with Crippen LogP contribution in [0.2, 0.25) is 0 Å². The van der Waals surface area contributed by atoms with Crippen molar-refractivity contribution in [2.45, 2.75) is 0 Å². The van der Waals surface area contributed by atoms with E-state index in [0.29, 0.717) is 11.8 Å². The Morgan fingerprint density at radius 3 is 2.33 bits per heavy atom. The quantitative estimate of drug-likeness (QED) is 0.827. The van der Waals surface area contributed by atoms with Crippen LogP contribution in [0.5, 0.6) is 5.75 Å². The summed E-state index contributed by atoms with van der Waals surface area (Å²) >= 11 is 0. The first-order valence-corrected chi connectivity index (χ1v) is 7.48. The summed E-state index contributed by atoms with van der Waals surface area (Å²) in [6, 6.07) is 8.00. The number of hydrogen-bond acceptors (Lipinski definition) is 4. The van der Waals surface area contributed by atoms with Gasteiger partial charge >= 0.3 is 0 Å². The molecule has 1 aromatic rings. The zero-order chi connectivity index (χ0) is 14.9. The van der Waals surface area contributed by atoms with Crippen molar-refractivity contribution in [3.05, 3.63) is 35.9 Å². The van der Waals surface area contributed by atoms with Crippen LogP contribution in [0.1, 0.15) is 5.56 Å². The monoisotopic (exact) mass is 289 g/mol. The number of ether oxygens (including phenoxy) is 1. The minimum Gasteiger partial charge on any atom is -0.497 e. The Kier molecular flexibility index (Phi) is 4.02. The maximum Gasteiger partial charge on any atom is 0.118 e. The maximum absolute atomic E-state index is 9.41. The van der Waals surface area contributed by atoms with Gasteiger partial charge in [-0.15, -0.1) is 0 Å². The van der Waals surface area contributed by atoms with Gasteiger partial charge in [0.05, 0.1) is 20.3 Å². The van der Waals surface area contributed by atoms with Gasteiger partial charge in [-0.25, -0.2) is 0 Å². The van der Waals surface area contributed by atoms with Crippen LogP contribution in [-0.2, 0) is 0 Å². The summed E-state index contributed by atoms with van der Waals surface area (Å²) in [6.45, 7) is 3.13. The largest absolute Gasteiger partial charge is 0.497 e. The normalized spacial score (nSPS) is 27.0. The van der Waals surface area contributed by atoms with Crippen molar-refractivity contribution in [1.82, 2.24) is 4.90 Å². The van der Waals surface area contributed by atoms with Crippen molar-refractivity contribution < 1.29 is 14.9 Å². The summed E-state index contributed by atoms with van der Waals surface area (Å²) in [6.07, 6.45) is 4.29. The fourth-order valence-corrected chi connectivity index (χ4v) is 3.64. The number of aliphatic hydroxyl groups excluding tert-OH is 2. The molecule has 2 fully saturated rings. The number of hydrogen-bond donors (Lipinski definition) is 2. The molecule has 2 atom stereocenters. The highest BCUT2D eigenvalue weighted by atomic mass is 16.5. The third-order valence-corrected chi connectivity index (χ3v) is 5.14. The molecule has 2 aliphatic rings. The van der Waals surface area contributed by atoms with Crippen molar-refractivity contribution in [3.63, 3.8) is 0 Å². The first-order chi connectivity index (χ1) is 10.2. The predicted octanol–water partition coefficient (Wildman–Crippen LogP) is 1.24. The van der Waals surface area contributed by atoms with Crippen molar-refractivity contribution in [2.24, 2.45) is 17.3 Å². The second kappa shape index (κ2) is 5.79. The molecule has 1 aliphatic carbocycles. The van der Waals surface area contributed by atoms with E-state index in [1.165, 1.54) is 5.56 Å². The lowest BCUT2D eigenvalue weighted by Crippen LogP contribution is -2.32. The highest BCUT2D eigenvalue weighted by molar-refractivity contribution is 5.50. The van der Waals surface area contributed by atoms with E-state index in [0.717, 1.165) is 25.4 Å². The van der Waals surface area contributed by atoms with Crippen molar-refractivity contribution in [3.8, 4) is 5.75 Å². The molecule has 0 bridgehead atoms. The predicted molar refractivity (Wildman–Crippen MR) is 82.1 cm³/mol. The van der Waals surface area contributed by atoms with Crippen LogP contribution in [0.3, 0.4) is 0 Å². The number of likely N-dealkylation sites (tertiary alicyclic amines) is 1. The fourth-order valence-electron chi connectivity index (χ4n) is 3.64. The molecule has 1 aliphatic heterocycles. The van der Waals surface area contributed by atoms with E-state index in [1.54, 1.807) is 7.11 Å². The van der Waals surface area contributed by atoms with E-state index in [1.807, 2.05) is 24.3 Å². The van der Waals surface area contributed by atoms with E-state index in [-0.39, 0.29) is 18.6 Å². The van der Waals surface area contributed by atoms with Gasteiger partial charge in [0.2, 0.25) is 0 Å². The Balaban J connectivity index is 1.48. The molecular formula is C17H23NO3. The minimum atomic E-state index is -0.184. The van der Waals surface area contributed by atoms with Crippen LogP contribution >= 0.6 is 0 Å². The summed E-state index contributed by atoms with van der Waals surface area (Å²) in [5, 5.41) is 18.8. The molecular weight excluding hydrogens is 266 g/mol. The lowest BCUT2D eigenvalue weighted by atomic mass is 10.0. The van der Waals surface area contributed by atoms with Crippen molar-refractivity contribution in [2.75, 3.05) is 40.0 Å². The van der Waals surface area contributed by atoms with Gasteiger partial charge in [0.15, 0.2) is 0 Å². The molecule has 114 valence electrons. The van der Waals surface area contributed by atoms with Gasteiger partial charge in [-0.1, -0.05) is 24.3 Å². The Bertz CT molecular complexity index is 493. The van der Waals surface area contributed by atoms with Crippen LogP contribution in [0.15, 0.2) is 30.3 Å². The fraction of sp³-hybridized carbons (Fsp3) is 0.529. The third kappa shape index (κ3) is 2.59. The number of rotatable bonds is 6. The van der Waals surface area contributed by atoms with Crippen molar-refractivity contribution >= 4 is 6.08 Å². The van der Waals surface area contributed by atoms with E-state index in [2.05, 4.69) is 17.1 Å². The van der Waals surface area contributed by atoms with Gasteiger partial charge in [-0.2, -0.15) is 0 Å². The molecule has 1 saturated carbocycles. The number of fused-ring (bicyclic) bond motifs is 1. The average Bonchev–Trinajstić information content (AvgIpc) is 2.89. The molecule has 1 aromatic carbocycles. The summed E-state index contributed by atoms with van der Waals surface area (Å²) in [7, 11) is 1.67. The highest BCUT2D eigenvalue weighted by Crippen LogP contribution is 2.61. The molecule has 2 N–H and O–H groups in total. The molecule has 2 unspecified atom stereocenters. The first-order valence-electron chi connectivity index (χ1n) is 7.48. The second-order valence-corrected chi connectivity index (χ2v) is 6.16. The number of aliphatic hydroxyl groups is 2. The third-order valence-electron chi connectivity index (χ3n) is 5.14. The van der Waals surface area contributed by atoms with E-state index in [4.69, 9.17) is 4.74 Å². The van der Waals surface area contributed by atoms with Gasteiger partial charge in [0.25, 0.3) is 0 Å². The molecule has 0 radical (unpaired) electrons. The minimum absolute atomic E-state index is 0.119. The van der Waals surface area contributed by atoms with Crippen LogP contribution in [0.25, 0.3) is 6.08 Å². The molecule has 0 aromatic heterocycles. The number of methoxy groups -OCH3 is 1. The van der Waals surface area contributed by atoms with Crippen LogP contribution in [0.4, 0.5) is 0 Å². The van der Waals surface area contributed by atoms with Crippen molar-refractivity contribution in [1.29, 1.82) is 0 Å². The lowest BCUT2D eigenvalue weighted by Gasteiger charge is -2.22. The average molecular weight is 289 g/mol. The maximum atomic E-state index is 9.41. The smallest absolute Gasteiger partial charge is 0.118 e. The molecule has 0 spiro atoms. The van der Waals surface area contributed by atoms with Gasteiger partial charge in [-0.3, -0.25) is 4.90 Å². The highest BCUT2D eigenvalue weighted by Gasteiger charge is 2.67. The van der Waals surface area contributed by atoms with E-state index < -0.39 is 0 Å². The van der Waals surface area contributed by atoms with E-state index >= 15 is 0 Å². The van der Waals surface area contributed by atoms with Crippen LogP contribution in [0, 0.1) is 17.3 Å². The van der Waals surface area contributed by atoms with Gasteiger partial charge < -0.3 is 14.9 Å². The van der Waals surface area contributed by atoms with E-state index in [9.17, 15) is 10.2 Å². The molecule has 3 rings (SSSR count). The zero-order valence-electron chi connectivity index (χ0n) is 12.4. The standard InChI is InChI=1S/C17H23NO3/c1-21-14-6-4-13(5-7-14)3-2-8-18-9-15-16(10-18)17(15,11-19)12-20/h2-7,15-16,19-20H,8-12H2,1H3/b3-2+. The molecule has 4 heteroatoms. The Morgan fingerprint density at radius 2 is 1.81 bits per heavy atom. The Hall–Kier alpha value is -1.36. The SMILES string of the molecule is COc1ccc(/C=C/CN2CC3C(C2)C3(CO)CO)cc1. The topological polar surface area (TPSA) is 52.9 Å². The summed E-state index contributed by atoms with van der Waals surface area (Å²) in [5.74, 6) is 1.82. The first kappa shape index (κ1) is 14.6. The molecule has 1 saturated heterocycles. The molecule has 1 heterocycles. The Labute approximate surface area is 125 Å². The number of nitrogens with zero attached hydrogens (tertiary/aromatic N) is 1. The van der Waals surface area contributed by atoms with Gasteiger partial charge in [0.1, 0.15) is 5.75 Å². The molecule has 21 heavy (non-hydrogen) atoms.